The molecule has 2 aliphatic heterocycles. The van der Waals surface area contributed by atoms with E-state index in [1.165, 1.54) is 18.3 Å². The summed E-state index contributed by atoms with van der Waals surface area (Å²) in [6.45, 7) is 3.35. The van der Waals surface area contributed by atoms with Gasteiger partial charge in [0.1, 0.15) is 0 Å². The Bertz CT molecular complexity index is 692. The van der Waals surface area contributed by atoms with Crippen LogP contribution in [0, 0.1) is 0 Å². The molecule has 1 unspecified atom stereocenters. The number of benzene rings is 1. The van der Waals surface area contributed by atoms with Crippen molar-refractivity contribution >= 4 is 17.8 Å². The van der Waals surface area contributed by atoms with Gasteiger partial charge in [0.2, 0.25) is 0 Å². The lowest BCUT2D eigenvalue weighted by Gasteiger charge is -2.32. The quantitative estimate of drug-likeness (QED) is 0.865. The fraction of sp³-hybridized carbons (Fsp3) is 0.529. The van der Waals surface area contributed by atoms with E-state index < -0.39 is 12.1 Å². The molecule has 130 valence electrons. The standard InChI is InChI=1S/C17H24N4O3/c1-17-7-8-19(3)14(17)20(4)13-6-5-11(9-12(13)17)10-21(16(23)24)15(22)18-2/h5-6,9,14H,7-8,10H2,1-4H3,(H,18,22)(H,23,24)/t14?,17-/m0/s1. The lowest BCUT2D eigenvalue weighted by atomic mass is 9.81. The number of nitrogens with one attached hydrogen (secondary N) is 1. The number of amides is 3. The molecule has 0 bridgehead atoms. The third kappa shape index (κ3) is 2.31. The van der Waals surface area contributed by atoms with Crippen molar-refractivity contribution in [1.82, 2.24) is 15.1 Å². The normalized spacial score (nSPS) is 25.3. The van der Waals surface area contributed by atoms with E-state index in [-0.39, 0.29) is 12.0 Å². The number of nitrogens with zero attached hydrogens (tertiary/aromatic N) is 3. The maximum absolute atomic E-state index is 11.8. The van der Waals surface area contributed by atoms with E-state index >= 15 is 0 Å². The number of carboxylic acid groups (broad SMARTS) is 1. The molecule has 2 N–H and O–H groups in total. The maximum Gasteiger partial charge on any atom is 0.415 e. The number of hydrogen-bond donors (Lipinski definition) is 2. The fourth-order valence-electron chi connectivity index (χ4n) is 4.27. The van der Waals surface area contributed by atoms with Crippen molar-refractivity contribution in [3.8, 4) is 0 Å². The molecule has 0 aliphatic carbocycles. The van der Waals surface area contributed by atoms with Gasteiger partial charge < -0.3 is 15.3 Å². The first-order valence-electron chi connectivity index (χ1n) is 8.08. The van der Waals surface area contributed by atoms with Gasteiger partial charge in [-0.3, -0.25) is 4.90 Å². The van der Waals surface area contributed by atoms with Gasteiger partial charge in [-0.1, -0.05) is 19.1 Å². The summed E-state index contributed by atoms with van der Waals surface area (Å²) in [5, 5.41) is 11.6. The number of likely N-dealkylation sites (N-methyl/N-ethyl adjacent to an activating group) is 2. The van der Waals surface area contributed by atoms with Gasteiger partial charge in [-0.15, -0.1) is 0 Å². The SMILES string of the molecule is CNC(=O)N(Cc1ccc2c(c1)[C@]1(C)CCN(C)C1N2C)C(=O)O. The van der Waals surface area contributed by atoms with Crippen LogP contribution in [0.3, 0.4) is 0 Å². The van der Waals surface area contributed by atoms with E-state index in [1.807, 2.05) is 12.1 Å². The number of urea groups is 1. The third-order valence-electron chi connectivity index (χ3n) is 5.42. The molecule has 7 heteroatoms. The summed E-state index contributed by atoms with van der Waals surface area (Å²) in [5.41, 5.74) is 3.26. The summed E-state index contributed by atoms with van der Waals surface area (Å²) in [5.74, 6) is 0. The molecule has 0 spiro atoms. The largest absolute Gasteiger partial charge is 0.465 e. The highest BCUT2D eigenvalue weighted by Gasteiger charge is 2.52. The number of carbonyl (C=O) groups excluding carboxylic acids is 1. The van der Waals surface area contributed by atoms with E-state index in [2.05, 4.69) is 42.2 Å². The van der Waals surface area contributed by atoms with Crippen LogP contribution in [0.25, 0.3) is 0 Å². The third-order valence-corrected chi connectivity index (χ3v) is 5.42. The van der Waals surface area contributed by atoms with E-state index in [0.29, 0.717) is 6.17 Å². The molecule has 7 nitrogen and oxygen atoms in total. The summed E-state index contributed by atoms with van der Waals surface area (Å²) >= 11 is 0. The van der Waals surface area contributed by atoms with Crippen LogP contribution in [0.4, 0.5) is 15.3 Å². The lowest BCUT2D eigenvalue weighted by molar-refractivity contribution is 0.146. The second kappa shape index (κ2) is 5.66. The number of rotatable bonds is 2. The van der Waals surface area contributed by atoms with Crippen molar-refractivity contribution in [3.05, 3.63) is 29.3 Å². The molecule has 0 aromatic heterocycles. The molecule has 24 heavy (non-hydrogen) atoms. The molecule has 2 atom stereocenters. The van der Waals surface area contributed by atoms with Gasteiger partial charge in [-0.05, 0) is 30.7 Å². The second-order valence-corrected chi connectivity index (χ2v) is 6.91. The summed E-state index contributed by atoms with van der Waals surface area (Å²) in [7, 11) is 5.66. The number of imide groups is 1. The fourth-order valence-corrected chi connectivity index (χ4v) is 4.27. The predicted octanol–water partition coefficient (Wildman–Crippen LogP) is 1.88. The Morgan fingerprint density at radius 2 is 2.12 bits per heavy atom. The Morgan fingerprint density at radius 1 is 1.42 bits per heavy atom. The summed E-state index contributed by atoms with van der Waals surface area (Å²) in [4.78, 5) is 28.5. The molecule has 3 amide bonds. The molecule has 2 aliphatic rings. The van der Waals surface area contributed by atoms with Crippen LogP contribution in [-0.2, 0) is 12.0 Å². The van der Waals surface area contributed by atoms with Crippen LogP contribution in [0.5, 0.6) is 0 Å². The predicted molar refractivity (Wildman–Crippen MR) is 91.3 cm³/mol. The molecule has 3 rings (SSSR count). The zero-order chi connectivity index (χ0) is 17.6. The van der Waals surface area contributed by atoms with Crippen molar-refractivity contribution < 1.29 is 14.7 Å². The van der Waals surface area contributed by atoms with Crippen molar-refractivity contribution in [2.75, 3.05) is 32.6 Å². The number of likely N-dealkylation sites (tertiary alicyclic amines) is 1. The van der Waals surface area contributed by atoms with Crippen LogP contribution in [0.2, 0.25) is 0 Å². The molecule has 0 radical (unpaired) electrons. The zero-order valence-corrected chi connectivity index (χ0v) is 14.5. The lowest BCUT2D eigenvalue weighted by Crippen LogP contribution is -2.45. The Hall–Kier alpha value is -2.28. The first kappa shape index (κ1) is 16.6. The average Bonchev–Trinajstić information content (AvgIpc) is 2.97. The maximum atomic E-state index is 11.8. The molecule has 2 heterocycles. The molecule has 1 fully saturated rings. The molecular weight excluding hydrogens is 308 g/mol. The van der Waals surface area contributed by atoms with Gasteiger partial charge >= 0.3 is 12.1 Å². The van der Waals surface area contributed by atoms with E-state index in [4.69, 9.17) is 0 Å². The number of carbonyl (C=O) groups is 2. The van der Waals surface area contributed by atoms with Crippen LogP contribution in [-0.4, -0.2) is 60.9 Å². The minimum absolute atomic E-state index is 0.0237. The van der Waals surface area contributed by atoms with Gasteiger partial charge in [-0.25, -0.2) is 14.5 Å². The van der Waals surface area contributed by atoms with Crippen molar-refractivity contribution in [2.45, 2.75) is 31.5 Å². The van der Waals surface area contributed by atoms with Crippen LogP contribution in [0.15, 0.2) is 18.2 Å². The highest BCUT2D eigenvalue weighted by atomic mass is 16.4. The molecule has 0 saturated carbocycles. The summed E-state index contributed by atoms with van der Waals surface area (Å²) in [6.07, 6.45) is 0.126. The Morgan fingerprint density at radius 3 is 2.75 bits per heavy atom. The molecule has 1 aromatic carbocycles. The van der Waals surface area contributed by atoms with Crippen molar-refractivity contribution in [3.63, 3.8) is 0 Å². The first-order chi connectivity index (χ1) is 11.3. The Labute approximate surface area is 141 Å². The summed E-state index contributed by atoms with van der Waals surface area (Å²) in [6, 6.07) is 5.37. The summed E-state index contributed by atoms with van der Waals surface area (Å²) < 4.78 is 0. The van der Waals surface area contributed by atoms with Crippen LogP contribution < -0.4 is 10.2 Å². The van der Waals surface area contributed by atoms with Gasteiger partial charge in [0.15, 0.2) is 0 Å². The van der Waals surface area contributed by atoms with Gasteiger partial charge in [-0.2, -0.15) is 0 Å². The Kier molecular flexibility index (Phi) is 3.91. The van der Waals surface area contributed by atoms with E-state index in [0.717, 1.165) is 23.4 Å². The van der Waals surface area contributed by atoms with Gasteiger partial charge in [0, 0.05) is 31.7 Å². The van der Waals surface area contributed by atoms with Crippen LogP contribution in [0.1, 0.15) is 24.5 Å². The highest BCUT2D eigenvalue weighted by molar-refractivity contribution is 5.89. The van der Waals surface area contributed by atoms with Crippen LogP contribution >= 0.6 is 0 Å². The number of hydrogen-bond acceptors (Lipinski definition) is 4. The topological polar surface area (TPSA) is 76.1 Å². The second-order valence-electron chi connectivity index (χ2n) is 6.91. The number of anilines is 1. The minimum atomic E-state index is -1.25. The van der Waals surface area contributed by atoms with Gasteiger partial charge in [0.25, 0.3) is 0 Å². The smallest absolute Gasteiger partial charge is 0.415 e. The van der Waals surface area contributed by atoms with E-state index in [9.17, 15) is 14.7 Å². The van der Waals surface area contributed by atoms with Crippen molar-refractivity contribution in [2.24, 2.45) is 0 Å². The average molecular weight is 332 g/mol. The minimum Gasteiger partial charge on any atom is -0.465 e. The first-order valence-corrected chi connectivity index (χ1v) is 8.08. The number of fused-ring (bicyclic) bond motifs is 3. The monoisotopic (exact) mass is 332 g/mol. The highest BCUT2D eigenvalue weighted by Crippen LogP contribution is 2.51. The molecule has 1 aromatic rings. The molecule has 1 saturated heterocycles. The van der Waals surface area contributed by atoms with E-state index in [1.54, 1.807) is 0 Å². The molecular formula is C17H24N4O3. The van der Waals surface area contributed by atoms with Gasteiger partial charge in [0.05, 0.1) is 12.7 Å². The Balaban J connectivity index is 1.94. The van der Waals surface area contributed by atoms with Crippen molar-refractivity contribution in [1.29, 1.82) is 0 Å². The zero-order valence-electron chi connectivity index (χ0n) is 14.5.